The summed E-state index contributed by atoms with van der Waals surface area (Å²) in [5.74, 6) is 0.521. The highest BCUT2D eigenvalue weighted by atomic mass is 127. The minimum absolute atomic E-state index is 0.0317. The number of hydrogen-bond donors (Lipinski definition) is 0. The van der Waals surface area contributed by atoms with Crippen LogP contribution in [0.1, 0.15) is 29.5 Å². The van der Waals surface area contributed by atoms with Crippen LogP contribution in [0.15, 0.2) is 97.1 Å². The minimum Gasteiger partial charge on any atom is -0.474 e. The monoisotopic (exact) mass is 621 g/mol. The van der Waals surface area contributed by atoms with Crippen molar-refractivity contribution in [1.29, 1.82) is 0 Å². The van der Waals surface area contributed by atoms with Crippen molar-refractivity contribution in [2.45, 2.75) is 24.5 Å². The number of halogens is 2. The molecule has 1 fully saturated rings. The first-order valence-electron chi connectivity index (χ1n) is 12.3. The molecule has 37 heavy (non-hydrogen) atoms. The van der Waals surface area contributed by atoms with E-state index < -0.39 is 5.54 Å². The van der Waals surface area contributed by atoms with Crippen molar-refractivity contribution in [2.24, 2.45) is 0 Å². The Morgan fingerprint density at radius 2 is 1.35 bits per heavy atom. The van der Waals surface area contributed by atoms with Crippen molar-refractivity contribution >= 4 is 45.1 Å². The summed E-state index contributed by atoms with van der Waals surface area (Å²) < 4.78 is 14.9. The number of fused-ring (bicyclic) bond motifs is 1. The molecule has 0 radical (unpaired) electrons. The third-order valence-electron chi connectivity index (χ3n) is 6.90. The zero-order valence-electron chi connectivity index (χ0n) is 20.1. The highest BCUT2D eigenvalue weighted by Crippen LogP contribution is 2.44. The third kappa shape index (κ3) is 4.41. The lowest BCUT2D eigenvalue weighted by molar-refractivity contribution is 0.0244. The lowest BCUT2D eigenvalue weighted by Crippen LogP contribution is -2.38. The molecule has 1 saturated heterocycles. The molecule has 2 aromatic heterocycles. The molecule has 0 unspecified atom stereocenters. The molecule has 0 atom stereocenters. The van der Waals surface area contributed by atoms with Gasteiger partial charge in [0, 0.05) is 18.9 Å². The standard InChI is InChI=1S/C30H25ClIN3O2/c31-26-20-25-27(29(33-26)37-24-16-18-36-19-17-24)28(32)34-35(25)30(21-10-4-1-5-11-21,22-12-6-2-7-13-22)23-14-8-3-9-15-23/h1-15,20,24H,16-19H2. The number of rotatable bonds is 6. The first kappa shape index (κ1) is 24.4. The topological polar surface area (TPSA) is 49.2 Å². The Balaban J connectivity index is 1.67. The van der Waals surface area contributed by atoms with Gasteiger partial charge in [0.1, 0.15) is 20.5 Å². The van der Waals surface area contributed by atoms with Crippen LogP contribution in [0.25, 0.3) is 10.9 Å². The molecule has 186 valence electrons. The van der Waals surface area contributed by atoms with Crippen LogP contribution in [0, 0.1) is 3.70 Å². The Kier molecular flexibility index (Phi) is 6.88. The fourth-order valence-corrected chi connectivity index (χ4v) is 6.13. The molecule has 1 aliphatic heterocycles. The molecule has 0 bridgehead atoms. The average Bonchev–Trinajstić information content (AvgIpc) is 3.28. The van der Waals surface area contributed by atoms with E-state index in [1.807, 2.05) is 24.3 Å². The average molecular weight is 622 g/mol. The summed E-state index contributed by atoms with van der Waals surface area (Å²) in [5.41, 5.74) is 3.38. The number of ether oxygens (including phenoxy) is 2. The maximum Gasteiger partial charge on any atom is 0.227 e. The van der Waals surface area contributed by atoms with Gasteiger partial charge in [0.2, 0.25) is 5.88 Å². The molecule has 3 heterocycles. The Labute approximate surface area is 234 Å². The van der Waals surface area contributed by atoms with E-state index in [1.165, 1.54) is 0 Å². The zero-order valence-corrected chi connectivity index (χ0v) is 23.0. The van der Waals surface area contributed by atoms with E-state index in [4.69, 9.17) is 26.2 Å². The summed E-state index contributed by atoms with van der Waals surface area (Å²) in [6, 6.07) is 33.4. The SMILES string of the molecule is Clc1cc2c(c(I)nn2C(c2ccccc2)(c2ccccc2)c2ccccc2)c(OC2CCOCC2)n1. The molecule has 6 rings (SSSR count). The van der Waals surface area contributed by atoms with E-state index in [-0.39, 0.29) is 6.10 Å². The fourth-order valence-electron chi connectivity index (χ4n) is 5.23. The maximum absolute atomic E-state index is 6.65. The van der Waals surface area contributed by atoms with Crippen molar-refractivity contribution in [3.8, 4) is 5.88 Å². The van der Waals surface area contributed by atoms with Gasteiger partial charge < -0.3 is 9.47 Å². The van der Waals surface area contributed by atoms with E-state index in [1.54, 1.807) is 0 Å². The van der Waals surface area contributed by atoms with Gasteiger partial charge in [-0.1, -0.05) is 103 Å². The smallest absolute Gasteiger partial charge is 0.227 e. The Hall–Kier alpha value is -2.94. The molecule has 0 N–H and O–H groups in total. The minimum atomic E-state index is -0.758. The molecular formula is C30H25ClIN3O2. The summed E-state index contributed by atoms with van der Waals surface area (Å²) in [7, 11) is 0. The van der Waals surface area contributed by atoms with Gasteiger partial charge in [0.15, 0.2) is 0 Å². The fraction of sp³-hybridized carbons (Fsp3) is 0.200. The van der Waals surface area contributed by atoms with Crippen LogP contribution in [0.4, 0.5) is 0 Å². The normalized spacial score (nSPS) is 14.6. The highest BCUT2D eigenvalue weighted by molar-refractivity contribution is 14.1. The second-order valence-corrected chi connectivity index (χ2v) is 10.5. The predicted molar refractivity (Wildman–Crippen MR) is 154 cm³/mol. The number of aromatic nitrogens is 3. The first-order chi connectivity index (χ1) is 18.2. The van der Waals surface area contributed by atoms with E-state index in [9.17, 15) is 0 Å². The molecule has 3 aromatic carbocycles. The summed E-state index contributed by atoms with van der Waals surface area (Å²) in [6.45, 7) is 1.37. The molecule has 0 saturated carbocycles. The predicted octanol–water partition coefficient (Wildman–Crippen LogP) is 7.09. The van der Waals surface area contributed by atoms with Crippen LogP contribution in [-0.2, 0) is 10.3 Å². The summed E-state index contributed by atoms with van der Waals surface area (Å²) in [4.78, 5) is 4.61. The van der Waals surface area contributed by atoms with E-state index in [0.717, 1.165) is 44.1 Å². The van der Waals surface area contributed by atoms with Crippen LogP contribution in [0.5, 0.6) is 5.88 Å². The maximum atomic E-state index is 6.65. The number of nitrogens with zero attached hydrogens (tertiary/aromatic N) is 3. The van der Waals surface area contributed by atoms with E-state index in [0.29, 0.717) is 24.2 Å². The Morgan fingerprint density at radius 3 is 1.86 bits per heavy atom. The van der Waals surface area contributed by atoms with E-state index in [2.05, 4.69) is 105 Å². The number of benzene rings is 3. The highest BCUT2D eigenvalue weighted by Gasteiger charge is 2.41. The van der Waals surface area contributed by atoms with Gasteiger partial charge in [0.05, 0.1) is 24.1 Å². The molecule has 0 spiro atoms. The van der Waals surface area contributed by atoms with Crippen molar-refractivity contribution in [3.63, 3.8) is 0 Å². The second-order valence-electron chi connectivity index (χ2n) is 9.08. The zero-order chi connectivity index (χ0) is 25.2. The van der Waals surface area contributed by atoms with Crippen LogP contribution in [0.3, 0.4) is 0 Å². The van der Waals surface area contributed by atoms with Gasteiger partial charge in [-0.3, -0.25) is 0 Å². The molecule has 1 aliphatic rings. The quantitative estimate of drug-likeness (QED) is 0.115. The van der Waals surface area contributed by atoms with Crippen LogP contribution in [-0.4, -0.2) is 34.1 Å². The number of pyridine rings is 1. The van der Waals surface area contributed by atoms with Gasteiger partial charge in [-0.25, -0.2) is 9.67 Å². The molecule has 0 amide bonds. The molecule has 7 heteroatoms. The third-order valence-corrected chi connectivity index (χ3v) is 7.84. The van der Waals surface area contributed by atoms with Gasteiger partial charge in [0.25, 0.3) is 0 Å². The molecule has 0 aliphatic carbocycles. The number of hydrogen-bond acceptors (Lipinski definition) is 4. The lowest BCUT2D eigenvalue weighted by Gasteiger charge is -2.37. The molecular weight excluding hydrogens is 597 g/mol. The van der Waals surface area contributed by atoms with Crippen LogP contribution < -0.4 is 4.74 Å². The summed E-state index contributed by atoms with van der Waals surface area (Å²) in [5, 5.41) is 6.42. The first-order valence-corrected chi connectivity index (χ1v) is 13.8. The molecule has 5 nitrogen and oxygen atoms in total. The van der Waals surface area contributed by atoms with E-state index >= 15 is 0 Å². The second kappa shape index (κ2) is 10.4. The van der Waals surface area contributed by atoms with Gasteiger partial charge in [-0.2, -0.15) is 5.10 Å². The van der Waals surface area contributed by atoms with Gasteiger partial charge in [-0.05, 0) is 39.3 Å². The molecule has 5 aromatic rings. The largest absolute Gasteiger partial charge is 0.474 e. The summed E-state index contributed by atoms with van der Waals surface area (Å²) >= 11 is 8.94. The Morgan fingerprint density at radius 1 is 0.838 bits per heavy atom. The van der Waals surface area contributed by atoms with Crippen molar-refractivity contribution < 1.29 is 9.47 Å². The van der Waals surface area contributed by atoms with Crippen LogP contribution in [0.2, 0.25) is 5.15 Å². The summed E-state index contributed by atoms with van der Waals surface area (Å²) in [6.07, 6.45) is 1.68. The van der Waals surface area contributed by atoms with Crippen molar-refractivity contribution in [3.05, 3.63) is 123 Å². The van der Waals surface area contributed by atoms with Crippen LogP contribution >= 0.6 is 34.2 Å². The van der Waals surface area contributed by atoms with Crippen molar-refractivity contribution in [1.82, 2.24) is 14.8 Å². The van der Waals surface area contributed by atoms with Crippen molar-refractivity contribution in [2.75, 3.05) is 13.2 Å². The Bertz CT molecular complexity index is 1410. The van der Waals surface area contributed by atoms with Gasteiger partial charge in [-0.15, -0.1) is 0 Å². The lowest BCUT2D eigenvalue weighted by atomic mass is 9.77. The van der Waals surface area contributed by atoms with Gasteiger partial charge >= 0.3 is 0 Å².